The minimum absolute atomic E-state index is 0.156. The fraction of sp³-hybridized carbons (Fsp3) is 0.304. The molecule has 174 valence electrons. The van der Waals surface area contributed by atoms with Gasteiger partial charge in [0.25, 0.3) is 0 Å². The van der Waals surface area contributed by atoms with E-state index in [1.165, 1.54) is 4.79 Å². The van der Waals surface area contributed by atoms with Gasteiger partial charge in [-0.25, -0.2) is 4.98 Å². The predicted molar refractivity (Wildman–Crippen MR) is 127 cm³/mol. The lowest BCUT2D eigenvalue weighted by Gasteiger charge is -2.28. The van der Waals surface area contributed by atoms with E-state index in [4.69, 9.17) is 23.0 Å². The third-order valence-corrected chi connectivity index (χ3v) is 6.08. The van der Waals surface area contributed by atoms with E-state index < -0.39 is 18.2 Å². The molecule has 9 nitrogen and oxygen atoms in total. The van der Waals surface area contributed by atoms with Crippen molar-refractivity contribution in [3.05, 3.63) is 77.5 Å². The maximum Gasteiger partial charge on any atom is 0.219 e. The molecule has 1 fully saturated rings. The lowest BCUT2D eigenvalue weighted by atomic mass is 9.98. The first-order valence-electron chi connectivity index (χ1n) is 10.8. The topological polar surface area (TPSA) is 150 Å². The summed E-state index contributed by atoms with van der Waals surface area (Å²) in [5, 5.41) is 7.51. The molecule has 9 N–H and O–H groups in total. The van der Waals surface area contributed by atoms with Gasteiger partial charge in [0.2, 0.25) is 5.95 Å². The molecule has 0 bridgehead atoms. The first kappa shape index (κ1) is 22.7. The third kappa shape index (κ3) is 4.68. The SMILES string of the molecule is C=C(NC(c1cccc(-c2cc(N)nn2N)c1)c1ccc(C(N)N)c(F)n1)C1CCCN1C. The largest absolute Gasteiger partial charge is 0.382 e. The molecule has 2 atom stereocenters. The summed E-state index contributed by atoms with van der Waals surface area (Å²) in [6.45, 7) is 5.28. The second-order valence-electron chi connectivity index (χ2n) is 8.41. The van der Waals surface area contributed by atoms with Crippen molar-refractivity contribution in [2.75, 3.05) is 25.2 Å². The van der Waals surface area contributed by atoms with E-state index in [-0.39, 0.29) is 11.6 Å². The van der Waals surface area contributed by atoms with Crippen molar-refractivity contribution in [2.45, 2.75) is 31.1 Å². The van der Waals surface area contributed by atoms with Crippen molar-refractivity contribution < 1.29 is 4.39 Å². The first-order valence-corrected chi connectivity index (χ1v) is 10.8. The van der Waals surface area contributed by atoms with E-state index in [1.54, 1.807) is 18.2 Å². The molecule has 4 rings (SSSR count). The van der Waals surface area contributed by atoms with E-state index in [1.807, 2.05) is 24.3 Å². The second kappa shape index (κ2) is 9.18. The number of benzene rings is 1. The fourth-order valence-electron chi connectivity index (χ4n) is 4.34. The monoisotopic (exact) mass is 451 g/mol. The molecule has 1 aromatic carbocycles. The molecule has 0 amide bonds. The van der Waals surface area contributed by atoms with E-state index in [2.05, 4.69) is 33.9 Å². The van der Waals surface area contributed by atoms with Crippen LogP contribution in [0.25, 0.3) is 11.3 Å². The minimum Gasteiger partial charge on any atom is -0.382 e. The van der Waals surface area contributed by atoms with Gasteiger partial charge in [-0.3, -0.25) is 4.90 Å². The molecule has 0 spiro atoms. The number of nitrogens with zero attached hydrogens (tertiary/aromatic N) is 4. The second-order valence-corrected chi connectivity index (χ2v) is 8.41. The van der Waals surface area contributed by atoms with Crippen LogP contribution >= 0.6 is 0 Å². The molecule has 2 unspecified atom stereocenters. The molecule has 10 heteroatoms. The molecule has 2 aromatic heterocycles. The molecule has 0 saturated carbocycles. The Labute approximate surface area is 192 Å². The summed E-state index contributed by atoms with van der Waals surface area (Å²) in [6, 6.07) is 12.4. The molecule has 1 aliphatic rings. The maximum absolute atomic E-state index is 14.7. The molecule has 1 aliphatic heterocycles. The molecule has 0 radical (unpaired) electrons. The van der Waals surface area contributed by atoms with Crippen molar-refractivity contribution in [1.82, 2.24) is 25.1 Å². The smallest absolute Gasteiger partial charge is 0.219 e. The number of anilines is 1. The highest BCUT2D eigenvalue weighted by Crippen LogP contribution is 2.30. The van der Waals surface area contributed by atoms with Crippen molar-refractivity contribution in [3.63, 3.8) is 0 Å². The average Bonchev–Trinajstić information content (AvgIpc) is 3.35. The van der Waals surface area contributed by atoms with Gasteiger partial charge >= 0.3 is 0 Å². The highest BCUT2D eigenvalue weighted by Gasteiger charge is 2.27. The Bertz CT molecular complexity index is 1160. The predicted octanol–water partition coefficient (Wildman–Crippen LogP) is 1.58. The number of pyridine rings is 1. The highest BCUT2D eigenvalue weighted by atomic mass is 19.1. The fourth-order valence-corrected chi connectivity index (χ4v) is 4.34. The average molecular weight is 452 g/mol. The summed E-state index contributed by atoms with van der Waals surface area (Å²) in [5.41, 5.74) is 20.9. The number of nitrogens with one attached hydrogen (secondary N) is 1. The Balaban J connectivity index is 1.74. The van der Waals surface area contributed by atoms with Gasteiger partial charge in [0.1, 0.15) is 5.82 Å². The summed E-state index contributed by atoms with van der Waals surface area (Å²) < 4.78 is 14.7. The summed E-state index contributed by atoms with van der Waals surface area (Å²) >= 11 is 0. The van der Waals surface area contributed by atoms with Crippen LogP contribution in [0.2, 0.25) is 0 Å². The van der Waals surface area contributed by atoms with Gasteiger partial charge in [-0.2, -0.15) is 9.18 Å². The number of halogens is 1. The van der Waals surface area contributed by atoms with Crippen LogP contribution in [0, 0.1) is 5.95 Å². The lowest BCUT2D eigenvalue weighted by molar-refractivity contribution is 0.330. The zero-order valence-corrected chi connectivity index (χ0v) is 18.6. The molecular weight excluding hydrogens is 421 g/mol. The van der Waals surface area contributed by atoms with Crippen LogP contribution in [0.5, 0.6) is 0 Å². The van der Waals surface area contributed by atoms with E-state index in [9.17, 15) is 4.39 Å². The molecule has 3 aromatic rings. The van der Waals surface area contributed by atoms with Crippen molar-refractivity contribution >= 4 is 5.82 Å². The summed E-state index contributed by atoms with van der Waals surface area (Å²) in [5.74, 6) is 5.59. The van der Waals surface area contributed by atoms with Crippen LogP contribution in [-0.2, 0) is 0 Å². The summed E-state index contributed by atoms with van der Waals surface area (Å²) in [6.07, 6.45) is 1.15. The van der Waals surface area contributed by atoms with Crippen LogP contribution in [0.15, 0.2) is 54.7 Å². The third-order valence-electron chi connectivity index (χ3n) is 6.08. The van der Waals surface area contributed by atoms with Crippen molar-refractivity contribution in [1.29, 1.82) is 0 Å². The number of rotatable bonds is 7. The van der Waals surface area contributed by atoms with Gasteiger partial charge in [-0.15, -0.1) is 5.10 Å². The molecule has 0 aliphatic carbocycles. The number of aromatic nitrogens is 3. The zero-order valence-electron chi connectivity index (χ0n) is 18.6. The van der Waals surface area contributed by atoms with Gasteiger partial charge < -0.3 is 28.4 Å². The normalized spacial score (nSPS) is 17.4. The highest BCUT2D eigenvalue weighted by molar-refractivity contribution is 5.64. The number of likely N-dealkylation sites (tertiary alicyclic amines) is 1. The van der Waals surface area contributed by atoms with E-state index >= 15 is 0 Å². The van der Waals surface area contributed by atoms with Gasteiger partial charge in [0.15, 0.2) is 0 Å². The Morgan fingerprint density at radius 3 is 2.64 bits per heavy atom. The summed E-state index contributed by atoms with van der Waals surface area (Å²) in [4.78, 5) is 7.68. The Hall–Kier alpha value is -3.47. The lowest BCUT2D eigenvalue weighted by Crippen LogP contribution is -2.35. The van der Waals surface area contributed by atoms with Crippen LogP contribution in [-0.4, -0.2) is 39.4 Å². The van der Waals surface area contributed by atoms with Gasteiger partial charge in [-0.05, 0) is 50.2 Å². The molecule has 33 heavy (non-hydrogen) atoms. The summed E-state index contributed by atoms with van der Waals surface area (Å²) in [7, 11) is 2.07. The number of hydrogen-bond donors (Lipinski definition) is 5. The quantitative estimate of drug-likeness (QED) is 0.206. The Morgan fingerprint density at radius 2 is 2.03 bits per heavy atom. The van der Waals surface area contributed by atoms with E-state index in [0.717, 1.165) is 36.2 Å². The Kier molecular flexibility index (Phi) is 6.32. The molecule has 1 saturated heterocycles. The van der Waals surface area contributed by atoms with Crippen molar-refractivity contribution in [3.8, 4) is 11.3 Å². The maximum atomic E-state index is 14.7. The van der Waals surface area contributed by atoms with Gasteiger partial charge in [-0.1, -0.05) is 24.8 Å². The van der Waals surface area contributed by atoms with Crippen molar-refractivity contribution in [2.24, 2.45) is 11.5 Å². The van der Waals surface area contributed by atoms with Gasteiger partial charge in [0.05, 0.1) is 23.6 Å². The molecule has 3 heterocycles. The zero-order chi connectivity index (χ0) is 23.7. The van der Waals surface area contributed by atoms with Crippen LogP contribution < -0.4 is 28.4 Å². The number of hydrogen-bond acceptors (Lipinski definition) is 8. The Morgan fingerprint density at radius 1 is 1.24 bits per heavy atom. The number of likely N-dealkylation sites (N-methyl/N-ethyl adjacent to an activating group) is 1. The van der Waals surface area contributed by atoms with Crippen LogP contribution in [0.3, 0.4) is 0 Å². The first-order chi connectivity index (χ1) is 15.7. The van der Waals surface area contributed by atoms with Crippen LogP contribution in [0.4, 0.5) is 10.2 Å². The van der Waals surface area contributed by atoms with Crippen LogP contribution in [0.1, 0.15) is 41.9 Å². The molecular formula is C23H30FN9. The number of nitrogen functional groups attached to an aromatic ring is 2. The standard InChI is InChI=1S/C23H30FN9/c1-13(18-7-4-10-32(18)2)29-21(17-9-8-16(23(26)27)22(24)30-17)15-6-3-5-14(11-15)19-12-20(25)31-33(19)28/h3,5-6,8-9,11-12,18,21,23,29H,1,4,7,10,26-28H2,2H3,(H2,25,31). The van der Waals surface area contributed by atoms with E-state index in [0.29, 0.717) is 17.2 Å². The number of nitrogens with two attached hydrogens (primary N) is 4. The van der Waals surface area contributed by atoms with Gasteiger partial charge in [0, 0.05) is 28.9 Å². The minimum atomic E-state index is -0.946.